The van der Waals surface area contributed by atoms with Gasteiger partial charge in [0.2, 0.25) is 0 Å². The van der Waals surface area contributed by atoms with Gasteiger partial charge in [-0.05, 0) is 7.05 Å². The summed E-state index contributed by atoms with van der Waals surface area (Å²) in [6, 6.07) is 0. The van der Waals surface area contributed by atoms with E-state index in [9.17, 15) is 5.11 Å². The van der Waals surface area contributed by atoms with Crippen molar-refractivity contribution in [3.8, 4) is 0 Å². The first-order valence-electron chi connectivity index (χ1n) is 6.91. The fourth-order valence-electron chi connectivity index (χ4n) is 2.65. The van der Waals surface area contributed by atoms with Gasteiger partial charge in [0.15, 0.2) is 5.84 Å². The summed E-state index contributed by atoms with van der Waals surface area (Å²) in [7, 11) is 5.95. The van der Waals surface area contributed by atoms with Crippen molar-refractivity contribution in [2.75, 3.05) is 60.7 Å². The number of aliphatic hydroxyl groups excluding tert-OH is 2. The minimum absolute atomic E-state index is 0.112. The van der Waals surface area contributed by atoms with Gasteiger partial charge in [-0.25, -0.2) is 4.99 Å². The Labute approximate surface area is 120 Å². The lowest BCUT2D eigenvalue weighted by molar-refractivity contribution is 0.0895. The molecule has 0 aliphatic carbocycles. The molecule has 0 radical (unpaired) electrons. The van der Waals surface area contributed by atoms with E-state index in [1.807, 2.05) is 26.0 Å². The summed E-state index contributed by atoms with van der Waals surface area (Å²) in [5, 5.41) is 19.0. The van der Waals surface area contributed by atoms with Gasteiger partial charge >= 0.3 is 0 Å². The number of aliphatic imine (C=N–C) groups is 1. The van der Waals surface area contributed by atoms with Crippen LogP contribution in [0.1, 0.15) is 0 Å². The molecule has 0 spiro atoms. The monoisotopic (exact) mass is 283 g/mol. The van der Waals surface area contributed by atoms with Crippen LogP contribution in [0.3, 0.4) is 0 Å². The van der Waals surface area contributed by atoms with Crippen LogP contribution in [0.5, 0.6) is 0 Å². The van der Waals surface area contributed by atoms with Crippen molar-refractivity contribution in [2.24, 2.45) is 4.99 Å². The zero-order valence-electron chi connectivity index (χ0n) is 12.5. The zero-order valence-corrected chi connectivity index (χ0v) is 12.5. The van der Waals surface area contributed by atoms with Gasteiger partial charge in [-0.1, -0.05) is 0 Å². The number of nitrogens with zero attached hydrogens (tertiary/aromatic N) is 5. The Morgan fingerprint density at radius 3 is 2.90 bits per heavy atom. The largest absolute Gasteiger partial charge is 0.395 e. The van der Waals surface area contributed by atoms with E-state index in [-0.39, 0.29) is 6.61 Å². The molecule has 0 saturated heterocycles. The molecule has 2 heterocycles. The number of rotatable bonds is 6. The standard InChI is InChI=1S/C13H25N5O2/c1-15(4-5-19)6-11(20)7-18-9-14-13-12(18)8-16(2)10-17(13)3/h8,11,19-20H,4-7,9-10H2,1-3H3. The Hall–Kier alpha value is -1.31. The first kappa shape index (κ1) is 15.1. The van der Waals surface area contributed by atoms with E-state index < -0.39 is 6.10 Å². The number of fused-ring (bicyclic) bond motifs is 1. The van der Waals surface area contributed by atoms with E-state index in [4.69, 9.17) is 5.11 Å². The molecule has 0 bridgehead atoms. The first-order valence-corrected chi connectivity index (χ1v) is 6.91. The summed E-state index contributed by atoms with van der Waals surface area (Å²) < 4.78 is 0. The smallest absolute Gasteiger partial charge is 0.152 e. The molecule has 0 fully saturated rings. The van der Waals surface area contributed by atoms with Gasteiger partial charge in [-0.15, -0.1) is 0 Å². The van der Waals surface area contributed by atoms with Gasteiger partial charge in [0.05, 0.1) is 25.1 Å². The lowest BCUT2D eigenvalue weighted by Gasteiger charge is -2.34. The molecule has 2 N–H and O–H groups in total. The van der Waals surface area contributed by atoms with Crippen LogP contribution in [-0.4, -0.2) is 102 Å². The third kappa shape index (κ3) is 3.41. The van der Waals surface area contributed by atoms with Crippen molar-refractivity contribution in [3.05, 3.63) is 11.9 Å². The number of hydrogen-bond donors (Lipinski definition) is 2. The number of β-amino-alcohol motifs (C(OH)–C–C–N with tert-alkyl or cyclic N) is 1. The molecular formula is C13H25N5O2. The maximum atomic E-state index is 10.2. The molecule has 7 heteroatoms. The molecule has 1 atom stereocenters. The summed E-state index contributed by atoms with van der Waals surface area (Å²) >= 11 is 0. The second-order valence-electron chi connectivity index (χ2n) is 5.60. The highest BCUT2D eigenvalue weighted by atomic mass is 16.3. The predicted molar refractivity (Wildman–Crippen MR) is 78.1 cm³/mol. The average Bonchev–Trinajstić information content (AvgIpc) is 2.72. The highest BCUT2D eigenvalue weighted by molar-refractivity contribution is 5.99. The first-order chi connectivity index (χ1) is 9.51. The molecule has 1 unspecified atom stereocenters. The van der Waals surface area contributed by atoms with Gasteiger partial charge in [-0.3, -0.25) is 0 Å². The second kappa shape index (κ2) is 6.43. The zero-order chi connectivity index (χ0) is 14.7. The molecule has 0 aromatic heterocycles. The number of aliphatic hydroxyl groups is 2. The van der Waals surface area contributed by atoms with Gasteiger partial charge in [0.1, 0.15) is 6.67 Å². The molecular weight excluding hydrogens is 258 g/mol. The van der Waals surface area contributed by atoms with Gasteiger partial charge in [-0.2, -0.15) is 0 Å². The summed E-state index contributed by atoms with van der Waals surface area (Å²) in [5.74, 6) is 0.999. The van der Waals surface area contributed by atoms with Crippen LogP contribution in [0.2, 0.25) is 0 Å². The highest BCUT2D eigenvalue weighted by Crippen LogP contribution is 2.21. The van der Waals surface area contributed by atoms with Crippen molar-refractivity contribution >= 4 is 5.84 Å². The molecule has 0 saturated carbocycles. The van der Waals surface area contributed by atoms with Crippen LogP contribution in [0, 0.1) is 0 Å². The average molecular weight is 283 g/mol. The van der Waals surface area contributed by atoms with Crippen molar-refractivity contribution in [3.63, 3.8) is 0 Å². The quantitative estimate of drug-likeness (QED) is 0.626. The Bertz CT molecular complexity index is 398. The topological polar surface area (TPSA) is 65.8 Å². The normalized spacial score (nSPS) is 20.2. The Balaban J connectivity index is 1.92. The lowest BCUT2D eigenvalue weighted by Crippen LogP contribution is -2.44. The van der Waals surface area contributed by atoms with Crippen LogP contribution in [-0.2, 0) is 0 Å². The van der Waals surface area contributed by atoms with E-state index in [0.29, 0.717) is 26.3 Å². The molecule has 0 aromatic rings. The molecule has 0 aromatic carbocycles. The number of hydrogen-bond acceptors (Lipinski definition) is 7. The molecule has 114 valence electrons. The lowest BCUT2D eigenvalue weighted by atomic mass is 10.2. The summed E-state index contributed by atoms with van der Waals surface area (Å²) in [6.45, 7) is 3.22. The van der Waals surface area contributed by atoms with Gasteiger partial charge in [0, 0.05) is 39.9 Å². The Morgan fingerprint density at radius 2 is 2.20 bits per heavy atom. The van der Waals surface area contributed by atoms with E-state index >= 15 is 0 Å². The van der Waals surface area contributed by atoms with Crippen molar-refractivity contribution in [1.29, 1.82) is 0 Å². The molecule has 7 nitrogen and oxygen atoms in total. The van der Waals surface area contributed by atoms with E-state index in [0.717, 1.165) is 18.2 Å². The van der Waals surface area contributed by atoms with Gasteiger partial charge in [0.25, 0.3) is 0 Å². The second-order valence-corrected chi connectivity index (χ2v) is 5.60. The third-order valence-electron chi connectivity index (χ3n) is 3.54. The SMILES string of the molecule is CN1C=C2C(=NCN2CC(O)CN(C)CCO)N(C)C1. The van der Waals surface area contributed by atoms with E-state index in [2.05, 4.69) is 25.9 Å². The molecule has 20 heavy (non-hydrogen) atoms. The van der Waals surface area contributed by atoms with Crippen molar-refractivity contribution < 1.29 is 10.2 Å². The van der Waals surface area contributed by atoms with Crippen LogP contribution in [0.4, 0.5) is 0 Å². The van der Waals surface area contributed by atoms with Crippen LogP contribution in [0.15, 0.2) is 16.9 Å². The summed E-state index contributed by atoms with van der Waals surface area (Å²) in [4.78, 5) is 12.8. The fourth-order valence-corrected chi connectivity index (χ4v) is 2.65. The van der Waals surface area contributed by atoms with Crippen LogP contribution < -0.4 is 0 Å². The maximum Gasteiger partial charge on any atom is 0.152 e. The molecule has 2 aliphatic heterocycles. The van der Waals surface area contributed by atoms with Gasteiger partial charge < -0.3 is 29.8 Å². The maximum absolute atomic E-state index is 10.2. The summed E-state index contributed by atoms with van der Waals surface area (Å²) in [5.41, 5.74) is 1.07. The molecule has 2 aliphatic rings. The number of amidine groups is 1. The van der Waals surface area contributed by atoms with Crippen molar-refractivity contribution in [2.45, 2.75) is 6.10 Å². The van der Waals surface area contributed by atoms with E-state index in [1.54, 1.807) is 0 Å². The molecule has 2 rings (SSSR count). The van der Waals surface area contributed by atoms with Crippen LogP contribution >= 0.6 is 0 Å². The van der Waals surface area contributed by atoms with Crippen LogP contribution in [0.25, 0.3) is 0 Å². The highest BCUT2D eigenvalue weighted by Gasteiger charge is 2.29. The summed E-state index contributed by atoms with van der Waals surface area (Å²) in [6.07, 6.45) is 1.62. The van der Waals surface area contributed by atoms with Crippen molar-refractivity contribution in [1.82, 2.24) is 19.6 Å². The minimum Gasteiger partial charge on any atom is -0.395 e. The Kier molecular flexibility index (Phi) is 4.85. The fraction of sp³-hybridized carbons (Fsp3) is 0.769. The Morgan fingerprint density at radius 1 is 1.45 bits per heavy atom. The third-order valence-corrected chi connectivity index (χ3v) is 3.54. The minimum atomic E-state index is -0.459. The van der Waals surface area contributed by atoms with E-state index in [1.165, 1.54) is 0 Å². The molecule has 0 amide bonds. The predicted octanol–water partition coefficient (Wildman–Crippen LogP) is -1.38. The number of likely N-dealkylation sites (N-methyl/N-ethyl adjacent to an activating group) is 2.